The standard InChI is InChI=1S/C15H12F2O2/c1-8-7-12(15(18)19)9(2)6-11(8)10-4-3-5-13(16)14(10)17/h3-7H,1-2H3,(H,18,19). The van der Waals surface area contributed by atoms with E-state index in [1.807, 2.05) is 0 Å². The zero-order valence-corrected chi connectivity index (χ0v) is 10.5. The van der Waals surface area contributed by atoms with Crippen molar-refractivity contribution in [1.29, 1.82) is 0 Å². The van der Waals surface area contributed by atoms with E-state index >= 15 is 0 Å². The van der Waals surface area contributed by atoms with Gasteiger partial charge in [-0.3, -0.25) is 0 Å². The lowest BCUT2D eigenvalue weighted by Crippen LogP contribution is -2.02. The Balaban J connectivity index is 2.67. The van der Waals surface area contributed by atoms with E-state index in [1.165, 1.54) is 18.2 Å². The summed E-state index contributed by atoms with van der Waals surface area (Å²) in [6.07, 6.45) is 0. The average Bonchev–Trinajstić information content (AvgIpc) is 2.35. The van der Waals surface area contributed by atoms with E-state index in [9.17, 15) is 13.6 Å². The molecule has 4 heteroatoms. The van der Waals surface area contributed by atoms with Crippen molar-refractivity contribution in [3.05, 3.63) is 58.7 Å². The molecule has 2 nitrogen and oxygen atoms in total. The van der Waals surface area contributed by atoms with E-state index in [1.54, 1.807) is 19.9 Å². The molecule has 0 aliphatic heterocycles. The number of rotatable bonds is 2. The minimum atomic E-state index is -1.04. The second-order valence-corrected chi connectivity index (χ2v) is 4.39. The Bertz CT molecular complexity index is 663. The molecule has 0 spiro atoms. The van der Waals surface area contributed by atoms with E-state index in [4.69, 9.17) is 5.11 Å². The number of carboxylic acids is 1. The summed E-state index contributed by atoms with van der Waals surface area (Å²) < 4.78 is 27.0. The van der Waals surface area contributed by atoms with Gasteiger partial charge in [0.1, 0.15) is 0 Å². The number of aryl methyl sites for hydroxylation is 2. The van der Waals surface area contributed by atoms with Crippen LogP contribution in [-0.2, 0) is 0 Å². The van der Waals surface area contributed by atoms with Crippen molar-refractivity contribution in [2.75, 3.05) is 0 Å². The lowest BCUT2D eigenvalue weighted by atomic mass is 9.94. The van der Waals surface area contributed by atoms with Crippen LogP contribution in [0.1, 0.15) is 21.5 Å². The number of halogens is 2. The van der Waals surface area contributed by atoms with Gasteiger partial charge in [0.15, 0.2) is 11.6 Å². The molecule has 0 amide bonds. The number of benzene rings is 2. The molecule has 19 heavy (non-hydrogen) atoms. The molecule has 98 valence electrons. The van der Waals surface area contributed by atoms with E-state index < -0.39 is 17.6 Å². The summed E-state index contributed by atoms with van der Waals surface area (Å²) in [5, 5.41) is 9.02. The third-order valence-electron chi connectivity index (χ3n) is 3.04. The summed E-state index contributed by atoms with van der Waals surface area (Å²) in [6, 6.07) is 6.98. The fraction of sp³-hybridized carbons (Fsp3) is 0.133. The Morgan fingerprint density at radius 3 is 2.37 bits per heavy atom. The Labute approximate surface area is 109 Å². The third kappa shape index (κ3) is 2.34. The molecule has 2 aromatic rings. The van der Waals surface area contributed by atoms with Crippen LogP contribution in [0.2, 0.25) is 0 Å². The highest BCUT2D eigenvalue weighted by Crippen LogP contribution is 2.29. The molecule has 0 atom stereocenters. The number of aromatic carboxylic acids is 1. The van der Waals surface area contributed by atoms with Gasteiger partial charge >= 0.3 is 5.97 Å². The maximum atomic E-state index is 13.8. The highest BCUT2D eigenvalue weighted by Gasteiger charge is 2.15. The molecular weight excluding hydrogens is 250 g/mol. The first kappa shape index (κ1) is 13.2. The van der Waals surface area contributed by atoms with Crippen LogP contribution in [0.15, 0.2) is 30.3 Å². The van der Waals surface area contributed by atoms with Crippen molar-refractivity contribution in [3.8, 4) is 11.1 Å². The highest BCUT2D eigenvalue weighted by molar-refractivity contribution is 5.91. The van der Waals surface area contributed by atoms with Gasteiger partial charge in [0.25, 0.3) is 0 Å². The van der Waals surface area contributed by atoms with Crippen molar-refractivity contribution in [3.63, 3.8) is 0 Å². The molecule has 0 fully saturated rings. The van der Waals surface area contributed by atoms with Crippen LogP contribution in [-0.4, -0.2) is 11.1 Å². The molecule has 0 aliphatic carbocycles. The molecule has 0 saturated carbocycles. The van der Waals surface area contributed by atoms with E-state index in [2.05, 4.69) is 0 Å². The first-order valence-corrected chi connectivity index (χ1v) is 5.70. The maximum Gasteiger partial charge on any atom is 0.335 e. The fourth-order valence-electron chi connectivity index (χ4n) is 2.05. The van der Waals surface area contributed by atoms with Crippen molar-refractivity contribution in [1.82, 2.24) is 0 Å². The number of carboxylic acid groups (broad SMARTS) is 1. The normalized spacial score (nSPS) is 10.5. The van der Waals surface area contributed by atoms with Crippen molar-refractivity contribution >= 4 is 5.97 Å². The molecule has 2 rings (SSSR count). The summed E-state index contributed by atoms with van der Waals surface area (Å²) in [6.45, 7) is 3.30. The Hall–Kier alpha value is -2.23. The molecule has 1 N–H and O–H groups in total. The number of hydrogen-bond acceptors (Lipinski definition) is 1. The largest absolute Gasteiger partial charge is 0.478 e. The minimum Gasteiger partial charge on any atom is -0.478 e. The fourth-order valence-corrected chi connectivity index (χ4v) is 2.05. The minimum absolute atomic E-state index is 0.137. The van der Waals surface area contributed by atoms with Crippen LogP contribution in [0.4, 0.5) is 8.78 Å². The van der Waals surface area contributed by atoms with Gasteiger partial charge in [-0.1, -0.05) is 18.2 Å². The monoisotopic (exact) mass is 262 g/mol. The van der Waals surface area contributed by atoms with Crippen LogP contribution < -0.4 is 0 Å². The molecule has 0 heterocycles. The Morgan fingerprint density at radius 1 is 1.05 bits per heavy atom. The lowest BCUT2D eigenvalue weighted by molar-refractivity contribution is 0.0696. The van der Waals surface area contributed by atoms with Crippen LogP contribution in [0.5, 0.6) is 0 Å². The maximum absolute atomic E-state index is 13.8. The second kappa shape index (κ2) is 4.80. The second-order valence-electron chi connectivity index (χ2n) is 4.39. The first-order valence-electron chi connectivity index (χ1n) is 5.70. The smallest absolute Gasteiger partial charge is 0.335 e. The number of carbonyl (C=O) groups is 1. The molecule has 0 aromatic heterocycles. The summed E-state index contributed by atoms with van der Waals surface area (Å²) >= 11 is 0. The van der Waals surface area contributed by atoms with Crippen molar-refractivity contribution < 1.29 is 18.7 Å². The quantitative estimate of drug-likeness (QED) is 0.889. The summed E-state index contributed by atoms with van der Waals surface area (Å²) in [4.78, 5) is 11.0. The van der Waals surface area contributed by atoms with Crippen LogP contribution in [0.3, 0.4) is 0 Å². The van der Waals surface area contributed by atoms with Gasteiger partial charge in [0.05, 0.1) is 5.56 Å². The van der Waals surface area contributed by atoms with Gasteiger partial charge in [-0.2, -0.15) is 0 Å². The molecule has 2 aromatic carbocycles. The Kier molecular flexibility index (Phi) is 3.34. The van der Waals surface area contributed by atoms with Crippen molar-refractivity contribution in [2.24, 2.45) is 0 Å². The lowest BCUT2D eigenvalue weighted by Gasteiger charge is -2.11. The highest BCUT2D eigenvalue weighted by atomic mass is 19.2. The summed E-state index contributed by atoms with van der Waals surface area (Å²) in [5.74, 6) is -2.88. The summed E-state index contributed by atoms with van der Waals surface area (Å²) in [5.41, 5.74) is 1.90. The zero-order valence-electron chi connectivity index (χ0n) is 10.5. The van der Waals surface area contributed by atoms with Gasteiger partial charge < -0.3 is 5.11 Å². The number of hydrogen-bond donors (Lipinski definition) is 1. The van der Waals surface area contributed by atoms with E-state index in [0.717, 1.165) is 6.07 Å². The van der Waals surface area contributed by atoms with Crippen LogP contribution >= 0.6 is 0 Å². The van der Waals surface area contributed by atoms with E-state index in [0.29, 0.717) is 16.7 Å². The van der Waals surface area contributed by atoms with Gasteiger partial charge in [-0.25, -0.2) is 13.6 Å². The molecular formula is C15H12F2O2. The topological polar surface area (TPSA) is 37.3 Å². The van der Waals surface area contributed by atoms with Gasteiger partial charge in [-0.05, 0) is 42.7 Å². The zero-order chi connectivity index (χ0) is 14.2. The Morgan fingerprint density at radius 2 is 1.74 bits per heavy atom. The van der Waals surface area contributed by atoms with Crippen LogP contribution in [0, 0.1) is 25.5 Å². The van der Waals surface area contributed by atoms with Gasteiger partial charge in [-0.15, -0.1) is 0 Å². The van der Waals surface area contributed by atoms with E-state index in [-0.39, 0.29) is 11.1 Å². The molecule has 0 saturated heterocycles. The van der Waals surface area contributed by atoms with Crippen molar-refractivity contribution in [2.45, 2.75) is 13.8 Å². The third-order valence-corrected chi connectivity index (χ3v) is 3.04. The first-order chi connectivity index (χ1) is 8.91. The molecule has 0 unspecified atom stereocenters. The molecule has 0 bridgehead atoms. The SMILES string of the molecule is Cc1cc(-c2cccc(F)c2F)c(C)cc1C(=O)O. The molecule has 0 radical (unpaired) electrons. The van der Waals surface area contributed by atoms with Crippen LogP contribution in [0.25, 0.3) is 11.1 Å². The average molecular weight is 262 g/mol. The predicted molar refractivity (Wildman–Crippen MR) is 68.2 cm³/mol. The summed E-state index contributed by atoms with van der Waals surface area (Å²) in [7, 11) is 0. The van der Waals surface area contributed by atoms with Gasteiger partial charge in [0, 0.05) is 5.56 Å². The predicted octanol–water partition coefficient (Wildman–Crippen LogP) is 3.95. The molecule has 0 aliphatic rings. The van der Waals surface area contributed by atoms with Gasteiger partial charge in [0.2, 0.25) is 0 Å².